The van der Waals surface area contributed by atoms with Crippen LogP contribution >= 0.6 is 11.6 Å². The number of aliphatic hydroxyl groups is 1. The number of benzene rings is 3. The van der Waals surface area contributed by atoms with E-state index in [9.17, 15) is 10.4 Å². The van der Waals surface area contributed by atoms with Crippen molar-refractivity contribution in [3.63, 3.8) is 0 Å². The summed E-state index contributed by atoms with van der Waals surface area (Å²) >= 11 is 6.91. The lowest BCUT2D eigenvalue weighted by atomic mass is 9.93. The van der Waals surface area contributed by atoms with E-state index in [4.69, 9.17) is 25.8 Å². The third-order valence-electron chi connectivity index (χ3n) is 10.3. The van der Waals surface area contributed by atoms with Crippen molar-refractivity contribution < 1.29 is 19.3 Å². The lowest BCUT2D eigenvalue weighted by Gasteiger charge is -2.33. The molecule has 0 aliphatic carbocycles. The highest BCUT2D eigenvalue weighted by molar-refractivity contribution is 6.32. The van der Waals surface area contributed by atoms with Crippen LogP contribution < -0.4 is 14.2 Å². The second-order valence-corrected chi connectivity index (χ2v) is 14.3. The number of ether oxygens (including phenoxy) is 3. The highest BCUT2D eigenvalue weighted by Crippen LogP contribution is 2.37. The van der Waals surface area contributed by atoms with Crippen LogP contribution in [0, 0.1) is 25.2 Å². The molecule has 6 rings (SSSR count). The third kappa shape index (κ3) is 9.41. The second kappa shape index (κ2) is 17.4. The number of likely N-dealkylation sites (tertiary alicyclic amines) is 2. The molecule has 0 amide bonds. The Kier molecular flexibility index (Phi) is 12.5. The minimum absolute atomic E-state index is 0.195. The number of nitrogens with zero attached hydrogens (tertiary/aromatic N) is 4. The number of rotatable bonds is 14. The number of nitriles is 1. The van der Waals surface area contributed by atoms with Gasteiger partial charge in [0.25, 0.3) is 0 Å². The van der Waals surface area contributed by atoms with E-state index in [1.54, 1.807) is 18.5 Å². The van der Waals surface area contributed by atoms with Crippen molar-refractivity contribution in [1.82, 2.24) is 14.8 Å². The van der Waals surface area contributed by atoms with Crippen LogP contribution in [0.4, 0.5) is 0 Å². The SMILES string of the molecule is Cc1c(COc2cc(OCc3cncc(C#N)c3)c(CN3CCCC[C@H]3C)cc2Cl)cccc1-c1cccc(OCCCN2CC[C@@H](O)C2)c1C. The zero-order chi connectivity index (χ0) is 35.7. The molecule has 2 atom stereocenters. The maximum atomic E-state index is 9.80. The van der Waals surface area contributed by atoms with Gasteiger partial charge in [0.1, 0.15) is 36.5 Å². The number of hydrogen-bond donors (Lipinski definition) is 1. The number of β-amino-alcohol motifs (C(OH)–C–C–N with tert-alkyl or cyclic N) is 1. The summed E-state index contributed by atoms with van der Waals surface area (Å²) in [6.07, 6.45) is 8.47. The maximum Gasteiger partial charge on any atom is 0.142 e. The van der Waals surface area contributed by atoms with E-state index >= 15 is 0 Å². The molecule has 1 aromatic heterocycles. The Bertz CT molecular complexity index is 1840. The first-order chi connectivity index (χ1) is 24.8. The van der Waals surface area contributed by atoms with Gasteiger partial charge in [-0.1, -0.05) is 48.4 Å². The van der Waals surface area contributed by atoms with E-state index in [0.717, 1.165) is 90.3 Å². The van der Waals surface area contributed by atoms with Crippen molar-refractivity contribution in [2.45, 2.75) is 84.8 Å². The van der Waals surface area contributed by atoms with Crippen LogP contribution in [-0.4, -0.2) is 64.8 Å². The molecule has 2 aliphatic rings. The Labute approximate surface area is 307 Å². The number of pyridine rings is 1. The van der Waals surface area contributed by atoms with Crippen molar-refractivity contribution in [2.24, 2.45) is 0 Å². The minimum Gasteiger partial charge on any atom is -0.493 e. The van der Waals surface area contributed by atoms with Gasteiger partial charge in [0.05, 0.1) is 23.3 Å². The van der Waals surface area contributed by atoms with E-state index in [1.165, 1.54) is 19.3 Å². The number of hydrogen-bond acceptors (Lipinski definition) is 8. The average molecular weight is 709 g/mol. The number of halogens is 1. The van der Waals surface area contributed by atoms with Gasteiger partial charge in [-0.3, -0.25) is 9.88 Å². The van der Waals surface area contributed by atoms with E-state index < -0.39 is 0 Å². The zero-order valence-corrected chi connectivity index (χ0v) is 30.8. The first-order valence-electron chi connectivity index (χ1n) is 18.2. The predicted octanol–water partition coefficient (Wildman–Crippen LogP) is 8.26. The molecule has 0 radical (unpaired) electrons. The lowest BCUT2D eigenvalue weighted by molar-refractivity contribution is 0.150. The van der Waals surface area contributed by atoms with Crippen molar-refractivity contribution in [1.29, 1.82) is 5.26 Å². The van der Waals surface area contributed by atoms with Crippen LogP contribution in [0.5, 0.6) is 17.2 Å². The molecule has 4 aromatic rings. The molecule has 2 saturated heterocycles. The molecular formula is C42H49ClN4O4. The number of piperidine rings is 1. The van der Waals surface area contributed by atoms with Gasteiger partial charge in [0.2, 0.25) is 0 Å². The summed E-state index contributed by atoms with van der Waals surface area (Å²) in [5.41, 5.74) is 7.91. The fraction of sp³-hybridized carbons (Fsp3) is 0.429. The lowest BCUT2D eigenvalue weighted by Crippen LogP contribution is -2.36. The van der Waals surface area contributed by atoms with E-state index in [0.29, 0.717) is 41.3 Å². The second-order valence-electron chi connectivity index (χ2n) is 13.9. The molecule has 0 unspecified atom stereocenters. The Morgan fingerprint density at radius 2 is 1.69 bits per heavy atom. The zero-order valence-electron chi connectivity index (χ0n) is 30.0. The summed E-state index contributed by atoms with van der Waals surface area (Å²) < 4.78 is 19.1. The van der Waals surface area contributed by atoms with Gasteiger partial charge in [0, 0.05) is 61.8 Å². The number of aromatic nitrogens is 1. The van der Waals surface area contributed by atoms with E-state index in [2.05, 4.69) is 72.0 Å². The smallest absolute Gasteiger partial charge is 0.142 e. The summed E-state index contributed by atoms with van der Waals surface area (Å²) in [5.74, 6) is 2.17. The normalized spacial score (nSPS) is 18.0. The Morgan fingerprint density at radius 1 is 0.882 bits per heavy atom. The van der Waals surface area contributed by atoms with Crippen molar-refractivity contribution >= 4 is 11.6 Å². The highest BCUT2D eigenvalue weighted by Gasteiger charge is 2.22. The molecule has 0 spiro atoms. The van der Waals surface area contributed by atoms with Crippen molar-refractivity contribution in [3.05, 3.63) is 105 Å². The molecule has 9 heteroatoms. The average Bonchev–Trinajstić information content (AvgIpc) is 3.56. The molecule has 2 aliphatic heterocycles. The summed E-state index contributed by atoms with van der Waals surface area (Å²) in [5, 5.41) is 19.7. The van der Waals surface area contributed by atoms with Crippen LogP contribution in [0.3, 0.4) is 0 Å². The summed E-state index contributed by atoms with van der Waals surface area (Å²) in [4.78, 5) is 8.98. The minimum atomic E-state index is -0.195. The van der Waals surface area contributed by atoms with Gasteiger partial charge in [-0.2, -0.15) is 5.26 Å². The van der Waals surface area contributed by atoms with Gasteiger partial charge < -0.3 is 24.2 Å². The fourth-order valence-corrected chi connectivity index (χ4v) is 7.42. The molecule has 3 heterocycles. The van der Waals surface area contributed by atoms with Gasteiger partial charge >= 0.3 is 0 Å². The summed E-state index contributed by atoms with van der Waals surface area (Å²) in [6.45, 7) is 12.2. The van der Waals surface area contributed by atoms with Gasteiger partial charge in [-0.15, -0.1) is 0 Å². The van der Waals surface area contributed by atoms with Gasteiger partial charge in [0.15, 0.2) is 0 Å². The molecule has 0 saturated carbocycles. The molecule has 1 N–H and O–H groups in total. The predicted molar refractivity (Wildman–Crippen MR) is 201 cm³/mol. The van der Waals surface area contributed by atoms with E-state index in [1.807, 2.05) is 18.2 Å². The molecule has 268 valence electrons. The molecule has 3 aromatic carbocycles. The fourth-order valence-electron chi connectivity index (χ4n) is 7.18. The standard InChI is InChI=1S/C42H49ClN4O4/c1-29-9-4-5-16-47(29)25-35-20-39(43)42(21-41(35)50-27-33-19-32(22-44)23-45-24-33)51-28-34-10-6-11-37(30(34)2)38-12-7-13-40(31(38)3)49-18-8-15-46-17-14-36(48)26-46/h6-7,10-13,19-21,23-24,29,36,48H,4-5,8-9,14-18,25-28H2,1-3H3/t29-,36-/m1/s1. The van der Waals surface area contributed by atoms with E-state index in [-0.39, 0.29) is 12.7 Å². The third-order valence-corrected chi connectivity index (χ3v) is 10.6. The highest BCUT2D eigenvalue weighted by atomic mass is 35.5. The van der Waals surface area contributed by atoms with Crippen LogP contribution in [0.15, 0.2) is 67.0 Å². The van der Waals surface area contributed by atoms with Crippen molar-refractivity contribution in [2.75, 3.05) is 32.8 Å². The molecular weight excluding hydrogens is 660 g/mol. The Morgan fingerprint density at radius 3 is 2.47 bits per heavy atom. The molecule has 0 bridgehead atoms. The molecule has 51 heavy (non-hydrogen) atoms. The summed E-state index contributed by atoms with van der Waals surface area (Å²) in [6, 6.07) is 20.9. The molecule has 2 fully saturated rings. The van der Waals surface area contributed by atoms with Crippen LogP contribution in [-0.2, 0) is 19.8 Å². The van der Waals surface area contributed by atoms with Crippen LogP contribution in [0.2, 0.25) is 5.02 Å². The summed E-state index contributed by atoms with van der Waals surface area (Å²) in [7, 11) is 0. The van der Waals surface area contributed by atoms with Gasteiger partial charge in [-0.05, 0) is 99.0 Å². The van der Waals surface area contributed by atoms with Gasteiger partial charge in [-0.25, -0.2) is 0 Å². The Hall–Kier alpha value is -4.13. The quantitative estimate of drug-likeness (QED) is 0.131. The monoisotopic (exact) mass is 708 g/mol. The van der Waals surface area contributed by atoms with Crippen LogP contribution in [0.25, 0.3) is 11.1 Å². The first-order valence-corrected chi connectivity index (χ1v) is 18.5. The Balaban J connectivity index is 1.17. The largest absolute Gasteiger partial charge is 0.493 e. The maximum absolute atomic E-state index is 9.80. The van der Waals surface area contributed by atoms with Crippen molar-refractivity contribution in [3.8, 4) is 34.4 Å². The number of aliphatic hydroxyl groups excluding tert-OH is 1. The molecule has 8 nitrogen and oxygen atoms in total. The topological polar surface area (TPSA) is 91.1 Å². The first kappa shape index (κ1) is 36.7. The van der Waals surface area contributed by atoms with Crippen LogP contribution in [0.1, 0.15) is 72.4 Å².